The molecule has 0 spiro atoms. The van der Waals surface area contributed by atoms with Crippen molar-refractivity contribution in [3.8, 4) is 11.8 Å². The molecule has 0 radical (unpaired) electrons. The summed E-state index contributed by atoms with van der Waals surface area (Å²) in [5, 5.41) is 10.1. The molecule has 25 heavy (non-hydrogen) atoms. The lowest BCUT2D eigenvalue weighted by atomic mass is 10.1. The summed E-state index contributed by atoms with van der Waals surface area (Å²) in [6.07, 6.45) is 0. The van der Waals surface area contributed by atoms with E-state index in [1.165, 1.54) is 12.1 Å². The van der Waals surface area contributed by atoms with Crippen LogP contribution < -0.4 is 4.74 Å². The van der Waals surface area contributed by atoms with Gasteiger partial charge in [0.1, 0.15) is 18.2 Å². The van der Waals surface area contributed by atoms with Gasteiger partial charge in [0.05, 0.1) is 32.2 Å². The van der Waals surface area contributed by atoms with Crippen molar-refractivity contribution in [1.29, 1.82) is 5.26 Å². The molecule has 3 aromatic rings. The van der Waals surface area contributed by atoms with Crippen LogP contribution in [-0.2, 0) is 4.79 Å². The summed E-state index contributed by atoms with van der Waals surface area (Å²) >= 11 is 17.8. The van der Waals surface area contributed by atoms with Crippen LogP contribution in [0.2, 0.25) is 15.1 Å². The van der Waals surface area contributed by atoms with Gasteiger partial charge >= 0.3 is 0 Å². The number of hydrogen-bond donors (Lipinski definition) is 1. The van der Waals surface area contributed by atoms with Crippen molar-refractivity contribution in [2.24, 2.45) is 0 Å². The topological polar surface area (TPSA) is 78.8 Å². The lowest BCUT2D eigenvalue weighted by Crippen LogP contribution is -2.20. The SMILES string of the molecule is N#C[C@H](C(=O)COc1cc(Cl)c(Cl)cc1Cl)c1nc2ccccc2[nH]1. The predicted molar refractivity (Wildman–Crippen MR) is 96.4 cm³/mol. The Balaban J connectivity index is 1.77. The number of fused-ring (bicyclic) bond motifs is 1. The molecule has 2 aromatic carbocycles. The number of H-pyrrole nitrogens is 1. The number of Topliss-reactive ketones (excluding diaryl/α,β-unsaturated/α-hetero) is 1. The summed E-state index contributed by atoms with van der Waals surface area (Å²) in [5.74, 6) is -1.04. The molecule has 1 atom stereocenters. The van der Waals surface area contributed by atoms with Crippen LogP contribution in [0.5, 0.6) is 5.75 Å². The number of imidazole rings is 1. The van der Waals surface area contributed by atoms with Gasteiger partial charge in [0.25, 0.3) is 0 Å². The maximum atomic E-state index is 12.4. The van der Waals surface area contributed by atoms with Crippen LogP contribution in [0, 0.1) is 11.3 Å². The first kappa shape index (κ1) is 17.6. The van der Waals surface area contributed by atoms with E-state index in [9.17, 15) is 10.1 Å². The van der Waals surface area contributed by atoms with Gasteiger partial charge in [-0.3, -0.25) is 4.79 Å². The number of ketones is 1. The normalized spacial score (nSPS) is 11.9. The number of nitrogens with one attached hydrogen (secondary N) is 1. The number of nitriles is 1. The first-order valence-corrected chi connectivity index (χ1v) is 8.27. The Hall–Kier alpha value is -2.26. The number of para-hydroxylation sites is 2. The number of aromatic nitrogens is 2. The van der Waals surface area contributed by atoms with Gasteiger partial charge in [0, 0.05) is 6.07 Å². The second kappa shape index (κ2) is 7.32. The summed E-state index contributed by atoms with van der Waals surface area (Å²) in [6, 6.07) is 12.1. The number of rotatable bonds is 5. The molecule has 0 saturated heterocycles. The Morgan fingerprint density at radius 3 is 2.64 bits per heavy atom. The van der Waals surface area contributed by atoms with E-state index in [2.05, 4.69) is 9.97 Å². The van der Waals surface area contributed by atoms with Crippen LogP contribution >= 0.6 is 34.8 Å². The third-order valence-corrected chi connectivity index (χ3v) is 4.49. The molecular formula is C17H10Cl3N3O2. The first-order chi connectivity index (χ1) is 12.0. The van der Waals surface area contributed by atoms with Gasteiger partial charge in [-0.2, -0.15) is 5.26 Å². The zero-order chi connectivity index (χ0) is 18.0. The molecular weight excluding hydrogens is 385 g/mol. The van der Waals surface area contributed by atoms with Crippen LogP contribution in [0.1, 0.15) is 11.7 Å². The van der Waals surface area contributed by atoms with Crippen molar-refractivity contribution in [3.63, 3.8) is 0 Å². The molecule has 1 aromatic heterocycles. The highest BCUT2D eigenvalue weighted by Gasteiger charge is 2.24. The summed E-state index contributed by atoms with van der Waals surface area (Å²) in [4.78, 5) is 19.6. The number of hydrogen-bond acceptors (Lipinski definition) is 4. The summed E-state index contributed by atoms with van der Waals surface area (Å²) in [7, 11) is 0. The number of halogens is 3. The molecule has 1 N–H and O–H groups in total. The van der Waals surface area contributed by atoms with E-state index in [0.717, 1.165) is 5.52 Å². The van der Waals surface area contributed by atoms with Crippen molar-refractivity contribution in [3.05, 3.63) is 57.3 Å². The van der Waals surface area contributed by atoms with Crippen LogP contribution in [0.25, 0.3) is 11.0 Å². The van der Waals surface area contributed by atoms with E-state index >= 15 is 0 Å². The van der Waals surface area contributed by atoms with E-state index in [-0.39, 0.29) is 33.2 Å². The number of carbonyl (C=O) groups excluding carboxylic acids is 1. The molecule has 1 heterocycles. The molecule has 0 fully saturated rings. The van der Waals surface area contributed by atoms with Gasteiger partial charge in [0.2, 0.25) is 0 Å². The second-order valence-electron chi connectivity index (χ2n) is 5.15. The molecule has 3 rings (SSSR count). The van der Waals surface area contributed by atoms with Crippen LogP contribution in [0.4, 0.5) is 0 Å². The van der Waals surface area contributed by atoms with Crippen molar-refractivity contribution in [2.45, 2.75) is 5.92 Å². The van der Waals surface area contributed by atoms with Crippen LogP contribution in [-0.4, -0.2) is 22.4 Å². The molecule has 5 nitrogen and oxygen atoms in total. The summed E-state index contributed by atoms with van der Waals surface area (Å²) in [6.45, 7) is -0.354. The Kier molecular flexibility index (Phi) is 5.14. The number of benzene rings is 2. The molecule has 0 amide bonds. The quantitative estimate of drug-likeness (QED) is 0.632. The van der Waals surface area contributed by atoms with Gasteiger partial charge in [-0.1, -0.05) is 46.9 Å². The maximum absolute atomic E-state index is 12.4. The average molecular weight is 395 g/mol. The third kappa shape index (κ3) is 3.72. The van der Waals surface area contributed by atoms with Crippen LogP contribution in [0.3, 0.4) is 0 Å². The average Bonchev–Trinajstić information content (AvgIpc) is 3.01. The zero-order valence-electron chi connectivity index (χ0n) is 12.6. The minimum atomic E-state index is -1.08. The van der Waals surface area contributed by atoms with E-state index in [4.69, 9.17) is 39.5 Å². The predicted octanol–water partition coefficient (Wildman–Crippen LogP) is 4.78. The van der Waals surface area contributed by atoms with Crippen molar-refractivity contribution in [1.82, 2.24) is 9.97 Å². The molecule has 0 aliphatic carbocycles. The van der Waals surface area contributed by atoms with E-state index in [1.807, 2.05) is 24.3 Å². The highest BCUT2D eigenvalue weighted by atomic mass is 35.5. The molecule has 0 aliphatic heterocycles. The summed E-state index contributed by atoms with van der Waals surface area (Å²) in [5.41, 5.74) is 1.43. The lowest BCUT2D eigenvalue weighted by molar-refractivity contribution is -0.121. The number of nitrogens with zero attached hydrogens (tertiary/aromatic N) is 2. The first-order valence-electron chi connectivity index (χ1n) is 7.14. The molecule has 0 bridgehead atoms. The fourth-order valence-corrected chi connectivity index (χ4v) is 2.83. The molecule has 0 saturated carbocycles. The molecule has 8 heteroatoms. The number of aromatic amines is 1. The number of carbonyl (C=O) groups is 1. The van der Waals surface area contributed by atoms with Gasteiger partial charge in [-0.25, -0.2) is 4.98 Å². The Morgan fingerprint density at radius 1 is 1.20 bits per heavy atom. The third-order valence-electron chi connectivity index (χ3n) is 3.48. The monoisotopic (exact) mass is 393 g/mol. The highest BCUT2D eigenvalue weighted by molar-refractivity contribution is 6.43. The maximum Gasteiger partial charge on any atom is 0.194 e. The molecule has 126 valence electrons. The van der Waals surface area contributed by atoms with Gasteiger partial charge < -0.3 is 9.72 Å². The lowest BCUT2D eigenvalue weighted by Gasteiger charge is -2.10. The number of ether oxygens (including phenoxy) is 1. The summed E-state index contributed by atoms with van der Waals surface area (Å²) < 4.78 is 5.40. The Bertz CT molecular complexity index is 961. The fourth-order valence-electron chi connectivity index (χ4n) is 2.24. The van der Waals surface area contributed by atoms with Crippen molar-refractivity contribution >= 4 is 51.6 Å². The molecule has 0 unspecified atom stereocenters. The van der Waals surface area contributed by atoms with Gasteiger partial charge in [-0.15, -0.1) is 0 Å². The highest BCUT2D eigenvalue weighted by Crippen LogP contribution is 2.34. The van der Waals surface area contributed by atoms with E-state index in [0.29, 0.717) is 5.52 Å². The Morgan fingerprint density at radius 2 is 1.92 bits per heavy atom. The van der Waals surface area contributed by atoms with E-state index in [1.54, 1.807) is 6.07 Å². The fraction of sp³-hybridized carbons (Fsp3) is 0.118. The Labute approximate surface area is 158 Å². The van der Waals surface area contributed by atoms with Crippen molar-refractivity contribution < 1.29 is 9.53 Å². The standard InChI is InChI=1S/C17H10Cl3N3O2/c18-10-5-12(20)16(6-11(10)19)25-8-15(24)9(7-21)17-22-13-3-1-2-4-14(13)23-17/h1-6,9H,8H2,(H,22,23)/t9-/m1/s1. The smallest absolute Gasteiger partial charge is 0.194 e. The second-order valence-corrected chi connectivity index (χ2v) is 6.37. The van der Waals surface area contributed by atoms with Gasteiger partial charge in [0.15, 0.2) is 11.7 Å². The largest absolute Gasteiger partial charge is 0.484 e. The van der Waals surface area contributed by atoms with Crippen LogP contribution in [0.15, 0.2) is 36.4 Å². The zero-order valence-corrected chi connectivity index (χ0v) is 14.9. The van der Waals surface area contributed by atoms with Crippen molar-refractivity contribution in [2.75, 3.05) is 6.61 Å². The minimum absolute atomic E-state index is 0.214. The molecule has 0 aliphatic rings. The minimum Gasteiger partial charge on any atom is -0.484 e. The van der Waals surface area contributed by atoms with E-state index < -0.39 is 11.7 Å². The van der Waals surface area contributed by atoms with Gasteiger partial charge in [-0.05, 0) is 18.2 Å².